The van der Waals surface area contributed by atoms with Crippen molar-refractivity contribution in [1.29, 1.82) is 0 Å². The Hall–Kier alpha value is -3.15. The van der Waals surface area contributed by atoms with Gasteiger partial charge < -0.3 is 9.47 Å². The van der Waals surface area contributed by atoms with Gasteiger partial charge in [-0.25, -0.2) is 0 Å². The molecule has 0 amide bonds. The number of fused-ring (bicyclic) bond motifs is 2. The molecular formula is C18H14N2O4. The summed E-state index contributed by atoms with van der Waals surface area (Å²) >= 11 is 0. The lowest BCUT2D eigenvalue weighted by molar-refractivity contribution is -0.135. The summed E-state index contributed by atoms with van der Waals surface area (Å²) in [4.78, 5) is 29.2. The molecule has 3 heterocycles. The number of nitrogens with zero attached hydrogens (tertiary/aromatic N) is 2. The van der Waals surface area contributed by atoms with E-state index in [1.165, 1.54) is 4.40 Å². The fraction of sp³-hybridized carbons (Fsp3) is 0.167. The topological polar surface area (TPSA) is 69.9 Å². The van der Waals surface area contributed by atoms with E-state index in [0.29, 0.717) is 17.0 Å². The third-order valence-electron chi connectivity index (χ3n) is 4.18. The minimum atomic E-state index is -0.393. The fourth-order valence-corrected chi connectivity index (χ4v) is 3.00. The van der Waals surface area contributed by atoms with E-state index in [-0.39, 0.29) is 23.8 Å². The lowest BCUT2D eigenvalue weighted by Gasteiger charge is -2.23. The number of aromatic nitrogens is 2. The molecule has 4 rings (SSSR count). The van der Waals surface area contributed by atoms with Crippen molar-refractivity contribution < 1.29 is 14.3 Å². The summed E-state index contributed by atoms with van der Waals surface area (Å²) in [6.45, 7) is 0. The molecule has 0 aliphatic carbocycles. The van der Waals surface area contributed by atoms with Crippen molar-refractivity contribution >= 4 is 11.6 Å². The average molecular weight is 322 g/mol. The van der Waals surface area contributed by atoms with E-state index < -0.39 is 5.97 Å². The first-order valence-corrected chi connectivity index (χ1v) is 7.53. The number of pyridine rings is 1. The zero-order chi connectivity index (χ0) is 16.7. The minimum absolute atomic E-state index is 0.100. The Kier molecular flexibility index (Phi) is 3.30. The van der Waals surface area contributed by atoms with Gasteiger partial charge in [0, 0.05) is 12.1 Å². The highest BCUT2D eigenvalue weighted by Gasteiger charge is 2.33. The number of hydrogen-bond acceptors (Lipinski definition) is 5. The number of ether oxygens (including phenoxy) is 2. The Morgan fingerprint density at radius 2 is 1.96 bits per heavy atom. The van der Waals surface area contributed by atoms with Crippen LogP contribution in [0.1, 0.15) is 23.5 Å². The SMILES string of the molecule is COc1ccc([C@H]2CC(=O)Oc3nc4ccccn4c(=O)c32)cc1. The molecule has 0 N–H and O–H groups in total. The van der Waals surface area contributed by atoms with E-state index in [0.717, 1.165) is 5.56 Å². The number of hydrogen-bond donors (Lipinski definition) is 0. The monoisotopic (exact) mass is 322 g/mol. The summed E-state index contributed by atoms with van der Waals surface area (Å²) in [5.74, 6) is 0.0359. The smallest absolute Gasteiger partial charge is 0.313 e. The number of methoxy groups -OCH3 is 1. The summed E-state index contributed by atoms with van der Waals surface area (Å²) in [6, 6.07) is 12.6. The molecule has 0 radical (unpaired) electrons. The van der Waals surface area contributed by atoms with Gasteiger partial charge in [0.05, 0.1) is 19.1 Å². The molecule has 1 aliphatic heterocycles. The highest BCUT2D eigenvalue weighted by Crippen LogP contribution is 2.36. The number of carbonyl (C=O) groups is 1. The van der Waals surface area contributed by atoms with Crippen LogP contribution in [0.3, 0.4) is 0 Å². The van der Waals surface area contributed by atoms with Crippen LogP contribution in [0.5, 0.6) is 11.6 Å². The van der Waals surface area contributed by atoms with E-state index in [2.05, 4.69) is 4.98 Å². The van der Waals surface area contributed by atoms with Crippen LogP contribution < -0.4 is 15.0 Å². The van der Waals surface area contributed by atoms with Crippen LogP contribution in [0.25, 0.3) is 5.65 Å². The Morgan fingerprint density at radius 1 is 1.17 bits per heavy atom. The largest absolute Gasteiger partial charge is 0.497 e. The molecule has 6 heteroatoms. The zero-order valence-corrected chi connectivity index (χ0v) is 12.9. The number of carbonyl (C=O) groups excluding carboxylic acids is 1. The first-order chi connectivity index (χ1) is 11.7. The van der Waals surface area contributed by atoms with E-state index in [9.17, 15) is 9.59 Å². The van der Waals surface area contributed by atoms with Gasteiger partial charge in [0.25, 0.3) is 5.56 Å². The van der Waals surface area contributed by atoms with Gasteiger partial charge in [-0.05, 0) is 29.8 Å². The molecular weight excluding hydrogens is 308 g/mol. The van der Waals surface area contributed by atoms with Crippen molar-refractivity contribution in [2.45, 2.75) is 12.3 Å². The fourth-order valence-electron chi connectivity index (χ4n) is 3.00. The van der Waals surface area contributed by atoms with Crippen molar-refractivity contribution in [3.63, 3.8) is 0 Å². The molecule has 120 valence electrons. The van der Waals surface area contributed by atoms with Crippen molar-refractivity contribution in [1.82, 2.24) is 9.38 Å². The van der Waals surface area contributed by atoms with Crippen LogP contribution in [-0.4, -0.2) is 22.5 Å². The van der Waals surface area contributed by atoms with Crippen LogP contribution in [-0.2, 0) is 4.79 Å². The summed E-state index contributed by atoms with van der Waals surface area (Å²) in [5, 5.41) is 0. The summed E-state index contributed by atoms with van der Waals surface area (Å²) in [5.41, 5.74) is 1.49. The summed E-state index contributed by atoms with van der Waals surface area (Å²) in [6.07, 6.45) is 1.77. The van der Waals surface area contributed by atoms with E-state index >= 15 is 0 Å². The van der Waals surface area contributed by atoms with Crippen molar-refractivity contribution in [3.8, 4) is 11.6 Å². The van der Waals surface area contributed by atoms with Crippen LogP contribution in [0.4, 0.5) is 0 Å². The second-order valence-corrected chi connectivity index (χ2v) is 5.57. The molecule has 1 aromatic carbocycles. The Balaban J connectivity index is 1.93. The maximum Gasteiger partial charge on any atom is 0.313 e. The maximum atomic E-state index is 12.9. The minimum Gasteiger partial charge on any atom is -0.497 e. The van der Waals surface area contributed by atoms with Crippen LogP contribution in [0.15, 0.2) is 53.5 Å². The Morgan fingerprint density at radius 3 is 2.71 bits per heavy atom. The molecule has 2 aromatic heterocycles. The van der Waals surface area contributed by atoms with Gasteiger partial charge in [-0.3, -0.25) is 14.0 Å². The maximum absolute atomic E-state index is 12.9. The molecule has 6 nitrogen and oxygen atoms in total. The molecule has 0 saturated carbocycles. The zero-order valence-electron chi connectivity index (χ0n) is 12.9. The molecule has 0 saturated heterocycles. The second kappa shape index (κ2) is 5.49. The molecule has 0 bridgehead atoms. The van der Waals surface area contributed by atoms with Gasteiger partial charge in [-0.15, -0.1) is 0 Å². The van der Waals surface area contributed by atoms with Gasteiger partial charge in [0.2, 0.25) is 5.88 Å². The van der Waals surface area contributed by atoms with Gasteiger partial charge >= 0.3 is 5.97 Å². The third-order valence-corrected chi connectivity index (χ3v) is 4.18. The molecule has 0 unspecified atom stereocenters. The Bertz CT molecular complexity index is 992. The predicted octanol–water partition coefficient (Wildman–Crippen LogP) is 2.14. The highest BCUT2D eigenvalue weighted by molar-refractivity contribution is 5.77. The van der Waals surface area contributed by atoms with Gasteiger partial charge in [-0.2, -0.15) is 4.98 Å². The highest BCUT2D eigenvalue weighted by atomic mass is 16.5. The normalized spacial score (nSPS) is 16.5. The van der Waals surface area contributed by atoms with Crippen molar-refractivity contribution in [3.05, 3.63) is 70.1 Å². The molecule has 24 heavy (non-hydrogen) atoms. The molecule has 0 fully saturated rings. The number of esters is 1. The van der Waals surface area contributed by atoms with Gasteiger partial charge in [0.15, 0.2) is 0 Å². The third kappa shape index (κ3) is 2.23. The lowest BCUT2D eigenvalue weighted by atomic mass is 9.88. The molecule has 1 aliphatic rings. The number of rotatable bonds is 2. The number of benzene rings is 1. The summed E-state index contributed by atoms with van der Waals surface area (Å²) < 4.78 is 11.9. The molecule has 1 atom stereocenters. The van der Waals surface area contributed by atoms with Crippen LogP contribution in [0, 0.1) is 0 Å². The van der Waals surface area contributed by atoms with Crippen molar-refractivity contribution in [2.75, 3.05) is 7.11 Å². The van der Waals surface area contributed by atoms with E-state index in [1.807, 2.05) is 12.1 Å². The van der Waals surface area contributed by atoms with Crippen LogP contribution in [0.2, 0.25) is 0 Å². The predicted molar refractivity (Wildman–Crippen MR) is 86.6 cm³/mol. The van der Waals surface area contributed by atoms with Gasteiger partial charge in [-0.1, -0.05) is 18.2 Å². The quantitative estimate of drug-likeness (QED) is 0.676. The summed E-state index contributed by atoms with van der Waals surface area (Å²) in [7, 11) is 1.59. The average Bonchev–Trinajstić information content (AvgIpc) is 2.61. The first-order valence-electron chi connectivity index (χ1n) is 7.53. The van der Waals surface area contributed by atoms with E-state index in [4.69, 9.17) is 9.47 Å². The second-order valence-electron chi connectivity index (χ2n) is 5.57. The standard InChI is InChI=1S/C18H14N2O4/c1-23-12-7-5-11(6-8-12)13-10-15(21)24-17-16(13)18(22)20-9-3-2-4-14(20)19-17/h2-9,13H,10H2,1H3/t13-/m1/s1. The van der Waals surface area contributed by atoms with Crippen LogP contribution >= 0.6 is 0 Å². The van der Waals surface area contributed by atoms with E-state index in [1.54, 1.807) is 43.6 Å². The molecule has 0 spiro atoms. The van der Waals surface area contributed by atoms with Crippen molar-refractivity contribution in [2.24, 2.45) is 0 Å². The first kappa shape index (κ1) is 14.4. The Labute approximate surface area is 137 Å². The molecule has 3 aromatic rings. The van der Waals surface area contributed by atoms with Gasteiger partial charge in [0.1, 0.15) is 11.4 Å². The lowest BCUT2D eigenvalue weighted by Crippen LogP contribution is -2.31.